The zero-order chi connectivity index (χ0) is 21.8. The van der Waals surface area contributed by atoms with Crippen molar-refractivity contribution in [2.45, 2.75) is 6.42 Å². The van der Waals surface area contributed by atoms with Crippen molar-refractivity contribution in [3.05, 3.63) is 77.2 Å². The normalized spacial score (nSPS) is 10.7. The number of nitrogens with one attached hydrogen (secondary N) is 2. The molecule has 2 aromatic carbocycles. The third-order valence-corrected chi connectivity index (χ3v) is 4.88. The fourth-order valence-corrected chi connectivity index (χ4v) is 3.19. The Bertz CT molecular complexity index is 1230. The Morgan fingerprint density at radius 1 is 1.13 bits per heavy atom. The summed E-state index contributed by atoms with van der Waals surface area (Å²) in [6.07, 6.45) is 1.62. The number of hydrogen-bond acceptors (Lipinski definition) is 6. The number of amides is 1. The summed E-state index contributed by atoms with van der Waals surface area (Å²) in [4.78, 5) is 21.4. The zero-order valence-electron chi connectivity index (χ0n) is 16.4. The number of benzene rings is 2. The van der Waals surface area contributed by atoms with Crippen LogP contribution in [0.2, 0.25) is 5.02 Å². The van der Waals surface area contributed by atoms with Crippen LogP contribution in [-0.2, 0) is 11.2 Å². The maximum atomic E-state index is 13.4. The molecular formula is C22H17ClFN5O2. The molecule has 31 heavy (non-hydrogen) atoms. The molecule has 1 amide bonds. The molecule has 0 aliphatic rings. The molecule has 9 heteroatoms. The smallest absolute Gasteiger partial charge is 0.243 e. The summed E-state index contributed by atoms with van der Waals surface area (Å²) in [5, 5.41) is 10.2. The minimum Gasteiger partial charge on any atom is -0.373 e. The van der Waals surface area contributed by atoms with Gasteiger partial charge in [-0.25, -0.2) is 14.4 Å². The van der Waals surface area contributed by atoms with Crippen LogP contribution in [0, 0.1) is 5.82 Å². The van der Waals surface area contributed by atoms with Gasteiger partial charge in [-0.1, -0.05) is 35.0 Å². The fourth-order valence-electron chi connectivity index (χ4n) is 2.99. The van der Waals surface area contributed by atoms with Gasteiger partial charge in [-0.3, -0.25) is 10.1 Å². The Morgan fingerprint density at radius 2 is 1.90 bits per heavy atom. The highest BCUT2D eigenvalue weighted by Gasteiger charge is 2.24. The number of halogens is 2. The molecule has 0 unspecified atom stereocenters. The van der Waals surface area contributed by atoms with E-state index in [-0.39, 0.29) is 24.0 Å². The second kappa shape index (κ2) is 8.93. The van der Waals surface area contributed by atoms with E-state index < -0.39 is 0 Å². The highest BCUT2D eigenvalue weighted by Crippen LogP contribution is 2.36. The topological polar surface area (TPSA) is 92.9 Å². The van der Waals surface area contributed by atoms with Crippen LogP contribution in [-0.4, -0.2) is 28.1 Å². The van der Waals surface area contributed by atoms with E-state index in [1.807, 2.05) is 0 Å². The first kappa shape index (κ1) is 20.5. The number of carbonyl (C=O) groups excluding carboxylic acids is 1. The molecule has 0 fully saturated rings. The van der Waals surface area contributed by atoms with E-state index in [1.54, 1.807) is 55.7 Å². The van der Waals surface area contributed by atoms with Gasteiger partial charge in [0.05, 0.1) is 6.42 Å². The average molecular weight is 438 g/mol. The molecule has 4 aromatic rings. The van der Waals surface area contributed by atoms with Gasteiger partial charge >= 0.3 is 0 Å². The van der Waals surface area contributed by atoms with Gasteiger partial charge < -0.3 is 9.84 Å². The second-order valence-electron chi connectivity index (χ2n) is 6.57. The fraction of sp³-hybridized carbons (Fsp3) is 0.0909. The second-order valence-corrected chi connectivity index (χ2v) is 6.98. The molecule has 0 aliphatic heterocycles. The van der Waals surface area contributed by atoms with Crippen molar-refractivity contribution in [1.29, 1.82) is 0 Å². The molecule has 156 valence electrons. The predicted molar refractivity (Wildman–Crippen MR) is 116 cm³/mol. The maximum Gasteiger partial charge on any atom is 0.243 e. The van der Waals surface area contributed by atoms with E-state index >= 15 is 0 Å². The molecule has 2 N–H and O–H groups in total. The first-order valence-corrected chi connectivity index (χ1v) is 9.73. The lowest BCUT2D eigenvalue weighted by Gasteiger charge is -2.07. The molecule has 0 saturated carbocycles. The van der Waals surface area contributed by atoms with Crippen molar-refractivity contribution >= 4 is 29.2 Å². The molecule has 7 nitrogen and oxygen atoms in total. The minimum absolute atomic E-state index is 0.0447. The number of anilines is 2. The van der Waals surface area contributed by atoms with Gasteiger partial charge in [0.2, 0.25) is 11.8 Å². The van der Waals surface area contributed by atoms with Gasteiger partial charge in [0, 0.05) is 23.8 Å². The van der Waals surface area contributed by atoms with E-state index in [1.165, 1.54) is 12.1 Å². The van der Waals surface area contributed by atoms with Gasteiger partial charge in [-0.2, -0.15) is 0 Å². The minimum atomic E-state index is -0.379. The van der Waals surface area contributed by atoms with E-state index in [9.17, 15) is 9.18 Å². The summed E-state index contributed by atoms with van der Waals surface area (Å²) >= 11 is 6.16. The van der Waals surface area contributed by atoms with Crippen molar-refractivity contribution < 1.29 is 13.7 Å². The van der Waals surface area contributed by atoms with Crippen molar-refractivity contribution in [3.8, 4) is 22.6 Å². The van der Waals surface area contributed by atoms with Crippen molar-refractivity contribution in [3.63, 3.8) is 0 Å². The Hall–Kier alpha value is -3.78. The van der Waals surface area contributed by atoms with Crippen LogP contribution < -0.4 is 10.6 Å². The lowest BCUT2D eigenvalue weighted by Crippen LogP contribution is -2.15. The van der Waals surface area contributed by atoms with E-state index in [4.69, 9.17) is 16.1 Å². The summed E-state index contributed by atoms with van der Waals surface area (Å²) in [7, 11) is 1.73. The summed E-state index contributed by atoms with van der Waals surface area (Å²) in [5.74, 6) is 0.228. The number of aromatic nitrogens is 3. The number of hydrogen-bond donors (Lipinski definition) is 2. The summed E-state index contributed by atoms with van der Waals surface area (Å²) in [5.41, 5.74) is 2.03. The van der Waals surface area contributed by atoms with Crippen LogP contribution in [0.25, 0.3) is 22.6 Å². The van der Waals surface area contributed by atoms with Crippen molar-refractivity contribution in [2.24, 2.45) is 0 Å². The first-order chi connectivity index (χ1) is 15.0. The third-order valence-electron chi connectivity index (χ3n) is 4.51. The van der Waals surface area contributed by atoms with Gasteiger partial charge in [0.1, 0.15) is 22.9 Å². The standard InChI is InChI=1S/C22H17ClFN5O2/c1-25-17-10-11-26-21(27-17)19-20(13-6-8-15(24)9-7-13)29-31-22(19)28-18(30)12-14-4-2-3-5-16(14)23/h2-11H,12H2,1H3,(H,28,30)(H,25,26,27). The molecule has 2 heterocycles. The summed E-state index contributed by atoms with van der Waals surface area (Å²) < 4.78 is 18.8. The van der Waals surface area contributed by atoms with Crippen LogP contribution in [0.15, 0.2) is 65.3 Å². The van der Waals surface area contributed by atoms with Gasteiger partial charge in [0.15, 0.2) is 5.82 Å². The Kier molecular flexibility index (Phi) is 5.90. The third kappa shape index (κ3) is 4.54. The van der Waals surface area contributed by atoms with Gasteiger partial charge in [-0.05, 0) is 42.0 Å². The molecule has 0 saturated heterocycles. The van der Waals surface area contributed by atoms with Gasteiger partial charge in [0.25, 0.3) is 0 Å². The summed E-state index contributed by atoms with van der Waals surface area (Å²) in [6, 6.07) is 14.5. The SMILES string of the molecule is CNc1ccnc(-c2c(-c3ccc(F)cc3)noc2NC(=O)Cc2ccccc2Cl)n1. The van der Waals surface area contributed by atoms with Crippen LogP contribution in [0.1, 0.15) is 5.56 Å². The lowest BCUT2D eigenvalue weighted by atomic mass is 10.1. The van der Waals surface area contributed by atoms with E-state index in [0.29, 0.717) is 39.0 Å². The monoisotopic (exact) mass is 437 g/mol. The molecular weight excluding hydrogens is 421 g/mol. The van der Waals surface area contributed by atoms with Crippen LogP contribution in [0.5, 0.6) is 0 Å². The first-order valence-electron chi connectivity index (χ1n) is 9.35. The largest absolute Gasteiger partial charge is 0.373 e. The van der Waals surface area contributed by atoms with Crippen LogP contribution in [0.4, 0.5) is 16.1 Å². The lowest BCUT2D eigenvalue weighted by molar-refractivity contribution is -0.115. The molecule has 2 aromatic heterocycles. The van der Waals surface area contributed by atoms with E-state index in [2.05, 4.69) is 25.8 Å². The highest BCUT2D eigenvalue weighted by atomic mass is 35.5. The van der Waals surface area contributed by atoms with Crippen molar-refractivity contribution in [2.75, 3.05) is 17.7 Å². The predicted octanol–water partition coefficient (Wildman–Crippen LogP) is 4.81. The molecule has 0 atom stereocenters. The van der Waals surface area contributed by atoms with E-state index in [0.717, 1.165) is 0 Å². The highest BCUT2D eigenvalue weighted by molar-refractivity contribution is 6.31. The summed E-state index contributed by atoms with van der Waals surface area (Å²) in [6.45, 7) is 0. The maximum absolute atomic E-state index is 13.4. The molecule has 0 radical (unpaired) electrons. The molecule has 0 aliphatic carbocycles. The van der Waals surface area contributed by atoms with Crippen LogP contribution in [0.3, 0.4) is 0 Å². The Morgan fingerprint density at radius 3 is 2.65 bits per heavy atom. The molecule has 4 rings (SSSR count). The Balaban J connectivity index is 1.72. The quantitative estimate of drug-likeness (QED) is 0.449. The van der Waals surface area contributed by atoms with Gasteiger partial charge in [-0.15, -0.1) is 0 Å². The molecule has 0 bridgehead atoms. The number of carbonyl (C=O) groups is 1. The Labute approximate surface area is 182 Å². The van der Waals surface area contributed by atoms with Crippen LogP contribution >= 0.6 is 11.6 Å². The number of nitrogens with zero attached hydrogens (tertiary/aromatic N) is 3. The van der Waals surface area contributed by atoms with Crippen molar-refractivity contribution in [1.82, 2.24) is 15.1 Å². The average Bonchev–Trinajstić information content (AvgIpc) is 3.19. The number of rotatable bonds is 6. The molecule has 0 spiro atoms. The zero-order valence-corrected chi connectivity index (χ0v) is 17.2.